The van der Waals surface area contributed by atoms with E-state index in [0.717, 1.165) is 45.6 Å². The number of carbonyl (C=O) groups is 1. The highest BCUT2D eigenvalue weighted by molar-refractivity contribution is 6.02. The van der Waals surface area contributed by atoms with Gasteiger partial charge in [-0.1, -0.05) is 26.8 Å². The van der Waals surface area contributed by atoms with Crippen molar-refractivity contribution in [1.82, 2.24) is 4.90 Å². The molecule has 4 heteroatoms. The van der Waals surface area contributed by atoms with Crippen LogP contribution in [0, 0.1) is 23.3 Å². The number of ketones is 1. The number of allylic oxidation sites excluding steroid dienone is 2. The molecule has 0 spiro atoms. The van der Waals surface area contributed by atoms with Crippen molar-refractivity contribution in [3.8, 4) is 0 Å². The van der Waals surface area contributed by atoms with Crippen molar-refractivity contribution in [2.24, 2.45) is 16.7 Å². The van der Waals surface area contributed by atoms with E-state index in [4.69, 9.17) is 11.3 Å². The lowest BCUT2D eigenvalue weighted by Gasteiger charge is -2.54. The van der Waals surface area contributed by atoms with E-state index in [9.17, 15) is 4.79 Å². The molecule has 0 bridgehead atoms. The number of nitrogens with zero attached hydrogens (tertiary/aromatic N) is 2. The molecule has 3 rings (SSSR count). The quantitative estimate of drug-likeness (QED) is 0.698. The van der Waals surface area contributed by atoms with Crippen LogP contribution >= 0.6 is 0 Å². The second-order valence-electron chi connectivity index (χ2n) is 7.83. The molecule has 1 saturated carbocycles. The first-order valence-corrected chi connectivity index (χ1v) is 8.35. The predicted octanol–water partition coefficient (Wildman–Crippen LogP) is 2.91. The Balaban J connectivity index is 1.88. The van der Waals surface area contributed by atoms with E-state index >= 15 is 0 Å². The summed E-state index contributed by atoms with van der Waals surface area (Å²) in [5.41, 5.74) is -0.107. The SMILES string of the molecule is [C-]#[N+]C1=C[C@]2(C)C[C@@H](N3CCOCC3)CC[C@H]2C(C)(C)C1=O. The molecule has 0 aromatic rings. The summed E-state index contributed by atoms with van der Waals surface area (Å²) in [7, 11) is 0. The molecule has 0 unspecified atom stereocenters. The van der Waals surface area contributed by atoms with E-state index in [-0.39, 0.29) is 11.2 Å². The van der Waals surface area contributed by atoms with Crippen molar-refractivity contribution in [2.45, 2.75) is 46.1 Å². The second-order valence-corrected chi connectivity index (χ2v) is 7.83. The van der Waals surface area contributed by atoms with Gasteiger partial charge in [0.15, 0.2) is 5.78 Å². The minimum atomic E-state index is -0.417. The summed E-state index contributed by atoms with van der Waals surface area (Å²) in [6.45, 7) is 17.3. The van der Waals surface area contributed by atoms with E-state index in [1.807, 2.05) is 19.9 Å². The molecule has 0 N–H and O–H groups in total. The minimum Gasteiger partial charge on any atom is -0.379 e. The normalized spacial score (nSPS) is 38.8. The summed E-state index contributed by atoms with van der Waals surface area (Å²) in [6.07, 6.45) is 5.26. The average Bonchev–Trinajstić information content (AvgIpc) is 2.51. The Morgan fingerprint density at radius 1 is 1.27 bits per heavy atom. The van der Waals surface area contributed by atoms with Gasteiger partial charge in [-0.2, -0.15) is 0 Å². The van der Waals surface area contributed by atoms with Crippen LogP contribution in [0.3, 0.4) is 0 Å². The molecule has 3 aliphatic rings. The summed E-state index contributed by atoms with van der Waals surface area (Å²) in [5, 5.41) is 0. The van der Waals surface area contributed by atoms with Gasteiger partial charge in [0, 0.05) is 24.5 Å². The van der Waals surface area contributed by atoms with Crippen LogP contribution in [0.5, 0.6) is 0 Å². The molecule has 0 amide bonds. The highest BCUT2D eigenvalue weighted by Crippen LogP contribution is 2.55. The van der Waals surface area contributed by atoms with Gasteiger partial charge in [-0.15, -0.1) is 0 Å². The number of Topliss-reactive ketones (excluding diaryl/α,β-unsaturated/α-hetero) is 1. The maximum Gasteiger partial charge on any atom is 0.226 e. The molecular weight excluding hydrogens is 276 g/mol. The lowest BCUT2D eigenvalue weighted by atomic mass is 9.52. The molecule has 1 heterocycles. The van der Waals surface area contributed by atoms with Crippen LogP contribution in [-0.4, -0.2) is 43.0 Å². The Morgan fingerprint density at radius 3 is 2.59 bits per heavy atom. The first-order chi connectivity index (χ1) is 10.4. The van der Waals surface area contributed by atoms with Crippen LogP contribution in [0.25, 0.3) is 4.85 Å². The summed E-state index contributed by atoms with van der Waals surface area (Å²) >= 11 is 0. The van der Waals surface area contributed by atoms with Gasteiger partial charge in [0.05, 0.1) is 19.8 Å². The maximum absolute atomic E-state index is 12.5. The van der Waals surface area contributed by atoms with Crippen LogP contribution in [0.2, 0.25) is 0 Å². The highest BCUT2D eigenvalue weighted by atomic mass is 16.5. The third-order valence-electron chi connectivity index (χ3n) is 6.10. The summed E-state index contributed by atoms with van der Waals surface area (Å²) in [4.78, 5) is 18.6. The second kappa shape index (κ2) is 5.47. The van der Waals surface area contributed by atoms with E-state index in [0.29, 0.717) is 17.7 Å². The van der Waals surface area contributed by atoms with Crippen LogP contribution in [0.15, 0.2) is 11.8 Å². The number of rotatable bonds is 1. The number of morpholine rings is 1. The van der Waals surface area contributed by atoms with Crippen molar-refractivity contribution in [3.63, 3.8) is 0 Å². The van der Waals surface area contributed by atoms with E-state index in [1.54, 1.807) is 0 Å². The van der Waals surface area contributed by atoms with Crippen molar-refractivity contribution in [1.29, 1.82) is 0 Å². The van der Waals surface area contributed by atoms with Crippen LogP contribution in [0.1, 0.15) is 40.0 Å². The molecule has 120 valence electrons. The highest BCUT2D eigenvalue weighted by Gasteiger charge is 2.53. The lowest BCUT2D eigenvalue weighted by Crippen LogP contribution is -2.54. The Morgan fingerprint density at radius 2 is 1.95 bits per heavy atom. The Kier molecular flexibility index (Phi) is 3.91. The van der Waals surface area contributed by atoms with Gasteiger partial charge >= 0.3 is 0 Å². The van der Waals surface area contributed by atoms with Crippen LogP contribution < -0.4 is 0 Å². The predicted molar refractivity (Wildman–Crippen MR) is 85.1 cm³/mol. The van der Waals surface area contributed by atoms with Crippen LogP contribution in [0.4, 0.5) is 0 Å². The van der Waals surface area contributed by atoms with Gasteiger partial charge in [-0.05, 0) is 30.6 Å². The standard InChI is InChI=1S/C18H26N2O2/c1-17(2)15-6-5-13(20-7-9-22-10-8-20)11-18(15,3)12-14(19-4)16(17)21/h12-13,15H,5-11H2,1-3H3/t13-,15-,18-/m0/s1. The Bertz CT molecular complexity index is 540. The van der Waals surface area contributed by atoms with Gasteiger partial charge < -0.3 is 9.53 Å². The molecule has 0 radical (unpaired) electrons. The third-order valence-corrected chi connectivity index (χ3v) is 6.10. The number of ether oxygens (including phenoxy) is 1. The Hall–Kier alpha value is -1.18. The maximum atomic E-state index is 12.5. The topological polar surface area (TPSA) is 33.9 Å². The average molecular weight is 302 g/mol. The zero-order chi connectivity index (χ0) is 16.0. The molecule has 0 aromatic carbocycles. The summed E-state index contributed by atoms with van der Waals surface area (Å²) in [6, 6.07) is 0.553. The molecule has 3 atom stereocenters. The molecule has 1 saturated heterocycles. The molecule has 22 heavy (non-hydrogen) atoms. The molecule has 4 nitrogen and oxygen atoms in total. The number of fused-ring (bicyclic) bond motifs is 1. The number of hydrogen-bond acceptors (Lipinski definition) is 3. The van der Waals surface area contributed by atoms with Gasteiger partial charge in [-0.3, -0.25) is 4.90 Å². The van der Waals surface area contributed by atoms with E-state index < -0.39 is 5.41 Å². The van der Waals surface area contributed by atoms with Crippen molar-refractivity contribution < 1.29 is 9.53 Å². The Labute approximate surface area is 133 Å². The molecular formula is C18H26N2O2. The first-order valence-electron chi connectivity index (χ1n) is 8.35. The van der Waals surface area contributed by atoms with Crippen LogP contribution in [-0.2, 0) is 9.53 Å². The first kappa shape index (κ1) is 15.7. The van der Waals surface area contributed by atoms with Gasteiger partial charge in [-0.25, -0.2) is 4.85 Å². The van der Waals surface area contributed by atoms with Gasteiger partial charge in [0.2, 0.25) is 5.70 Å². The molecule has 2 fully saturated rings. The summed E-state index contributed by atoms with van der Waals surface area (Å²) < 4.78 is 5.47. The van der Waals surface area contributed by atoms with E-state index in [2.05, 4.69) is 16.7 Å². The number of hydrogen-bond donors (Lipinski definition) is 0. The summed E-state index contributed by atoms with van der Waals surface area (Å²) in [5.74, 6) is 0.380. The smallest absolute Gasteiger partial charge is 0.226 e. The zero-order valence-electron chi connectivity index (χ0n) is 13.9. The minimum absolute atomic E-state index is 0.0368. The third kappa shape index (κ3) is 2.41. The van der Waals surface area contributed by atoms with Gasteiger partial charge in [0.1, 0.15) is 0 Å². The van der Waals surface area contributed by atoms with Crippen molar-refractivity contribution in [2.75, 3.05) is 26.3 Å². The number of carbonyl (C=O) groups excluding carboxylic acids is 1. The molecule has 0 aromatic heterocycles. The molecule has 1 aliphatic heterocycles. The fourth-order valence-corrected chi connectivity index (χ4v) is 4.99. The van der Waals surface area contributed by atoms with Crippen molar-refractivity contribution in [3.05, 3.63) is 23.2 Å². The monoisotopic (exact) mass is 302 g/mol. The lowest BCUT2D eigenvalue weighted by molar-refractivity contribution is -0.132. The molecule has 2 aliphatic carbocycles. The van der Waals surface area contributed by atoms with Gasteiger partial charge in [0.25, 0.3) is 0 Å². The fraction of sp³-hybridized carbons (Fsp3) is 0.778. The zero-order valence-corrected chi connectivity index (χ0v) is 13.9. The van der Waals surface area contributed by atoms with Crippen molar-refractivity contribution >= 4 is 5.78 Å². The van der Waals surface area contributed by atoms with E-state index in [1.165, 1.54) is 0 Å². The largest absolute Gasteiger partial charge is 0.379 e. The fourth-order valence-electron chi connectivity index (χ4n) is 4.99.